The molecule has 3 nitrogen and oxygen atoms in total. The van der Waals surface area contributed by atoms with Crippen LogP contribution in [-0.4, -0.2) is 9.97 Å². The molecular weight excluding hydrogens is 242 g/mol. The molecule has 0 aliphatic heterocycles. The van der Waals surface area contributed by atoms with E-state index in [0.29, 0.717) is 11.0 Å². The largest absolute Gasteiger partial charge is 0.384 e. The fourth-order valence-electron chi connectivity index (χ4n) is 1.74. The average molecular weight is 253 g/mol. The second-order valence-corrected chi connectivity index (χ2v) is 4.92. The van der Waals surface area contributed by atoms with E-state index in [9.17, 15) is 0 Å². The number of aromatic nitrogens is 2. The van der Waals surface area contributed by atoms with Gasteiger partial charge in [-0.05, 0) is 40.7 Å². The number of fused-ring (bicyclic) bond motifs is 1. The monoisotopic (exact) mass is 253 g/mol. The second-order valence-electron chi connectivity index (χ2n) is 3.88. The van der Waals surface area contributed by atoms with Crippen molar-refractivity contribution >= 4 is 28.4 Å². The molecule has 0 aliphatic carbocycles. The zero-order valence-electron chi connectivity index (χ0n) is 9.58. The van der Waals surface area contributed by atoms with Gasteiger partial charge in [0.2, 0.25) is 0 Å². The van der Waals surface area contributed by atoms with Crippen LogP contribution in [-0.2, 0) is 0 Å². The van der Waals surface area contributed by atoms with Gasteiger partial charge in [-0.3, -0.25) is 0 Å². The third kappa shape index (κ3) is 2.28. The van der Waals surface area contributed by atoms with E-state index in [-0.39, 0.29) is 0 Å². The Kier molecular flexibility index (Phi) is 2.86. The van der Waals surface area contributed by atoms with E-state index in [1.165, 1.54) is 22.5 Å². The maximum Gasteiger partial charge on any atom is 0.194 e. The molecule has 0 aliphatic rings. The smallest absolute Gasteiger partial charge is 0.194 e. The zero-order valence-corrected chi connectivity index (χ0v) is 10.4. The quantitative estimate of drug-likeness (QED) is 0.711. The lowest BCUT2D eigenvalue weighted by molar-refractivity contribution is 0.976. The summed E-state index contributed by atoms with van der Waals surface area (Å²) in [5.41, 5.74) is 5.64. The minimum atomic E-state index is 0.494. The summed E-state index contributed by atoms with van der Waals surface area (Å²) in [6.07, 6.45) is 1.67. The Labute approximate surface area is 109 Å². The molecule has 1 heterocycles. The van der Waals surface area contributed by atoms with Crippen molar-refractivity contribution in [2.45, 2.75) is 10.1 Å². The first-order chi connectivity index (χ1) is 8.81. The molecule has 0 spiro atoms. The minimum Gasteiger partial charge on any atom is -0.384 e. The molecule has 0 radical (unpaired) electrons. The van der Waals surface area contributed by atoms with E-state index >= 15 is 0 Å². The lowest BCUT2D eigenvalue weighted by Crippen LogP contribution is -1.92. The Bertz CT molecular complexity index is 697. The van der Waals surface area contributed by atoms with Crippen LogP contribution < -0.4 is 5.73 Å². The fourth-order valence-corrected chi connectivity index (χ4v) is 2.54. The van der Waals surface area contributed by atoms with Crippen molar-refractivity contribution in [2.24, 2.45) is 0 Å². The van der Waals surface area contributed by atoms with Crippen LogP contribution in [0.3, 0.4) is 0 Å². The van der Waals surface area contributed by atoms with Crippen molar-refractivity contribution in [2.75, 3.05) is 5.73 Å². The SMILES string of the molecule is Nc1ccnc(Sc2ccc3ccccc3c2)n1. The molecule has 0 saturated carbocycles. The maximum atomic E-state index is 5.64. The summed E-state index contributed by atoms with van der Waals surface area (Å²) in [4.78, 5) is 9.48. The number of benzene rings is 2. The third-order valence-electron chi connectivity index (χ3n) is 2.59. The van der Waals surface area contributed by atoms with Gasteiger partial charge in [0.05, 0.1) is 0 Å². The van der Waals surface area contributed by atoms with Gasteiger partial charge in [0.1, 0.15) is 5.82 Å². The number of nitrogens with two attached hydrogens (primary N) is 1. The molecule has 18 heavy (non-hydrogen) atoms. The van der Waals surface area contributed by atoms with Crippen molar-refractivity contribution in [3.8, 4) is 0 Å². The van der Waals surface area contributed by atoms with Crippen molar-refractivity contribution in [1.82, 2.24) is 9.97 Å². The molecule has 3 aromatic rings. The Morgan fingerprint density at radius 2 is 1.78 bits per heavy atom. The first-order valence-electron chi connectivity index (χ1n) is 5.56. The molecule has 0 amide bonds. The van der Waals surface area contributed by atoms with Gasteiger partial charge in [-0.15, -0.1) is 0 Å². The number of hydrogen-bond acceptors (Lipinski definition) is 4. The van der Waals surface area contributed by atoms with Gasteiger partial charge in [0.25, 0.3) is 0 Å². The Hall–Kier alpha value is -2.07. The number of hydrogen-bond donors (Lipinski definition) is 1. The predicted octanol–water partition coefficient (Wildman–Crippen LogP) is 3.36. The highest BCUT2D eigenvalue weighted by Crippen LogP contribution is 2.27. The van der Waals surface area contributed by atoms with Gasteiger partial charge >= 0.3 is 0 Å². The molecule has 1 aromatic heterocycles. The zero-order chi connectivity index (χ0) is 12.4. The highest BCUT2D eigenvalue weighted by atomic mass is 32.2. The summed E-state index contributed by atoms with van der Waals surface area (Å²) in [6.45, 7) is 0. The lowest BCUT2D eigenvalue weighted by Gasteiger charge is -2.03. The van der Waals surface area contributed by atoms with Gasteiger partial charge in [-0.2, -0.15) is 0 Å². The lowest BCUT2D eigenvalue weighted by atomic mass is 10.1. The second kappa shape index (κ2) is 4.66. The summed E-state index contributed by atoms with van der Waals surface area (Å²) in [7, 11) is 0. The molecule has 3 rings (SSSR count). The van der Waals surface area contributed by atoms with Gasteiger partial charge in [-0.25, -0.2) is 9.97 Å². The summed E-state index contributed by atoms with van der Waals surface area (Å²) < 4.78 is 0. The van der Waals surface area contributed by atoms with Crippen LogP contribution >= 0.6 is 11.8 Å². The molecule has 0 unspecified atom stereocenters. The van der Waals surface area contributed by atoms with Gasteiger partial charge in [0, 0.05) is 11.1 Å². The number of rotatable bonds is 2. The Morgan fingerprint density at radius 1 is 0.944 bits per heavy atom. The number of nitrogen functional groups attached to an aromatic ring is 1. The maximum absolute atomic E-state index is 5.64. The van der Waals surface area contributed by atoms with E-state index in [4.69, 9.17) is 5.73 Å². The van der Waals surface area contributed by atoms with E-state index in [1.807, 2.05) is 12.1 Å². The molecule has 88 valence electrons. The average Bonchev–Trinajstić information content (AvgIpc) is 2.39. The van der Waals surface area contributed by atoms with Crippen molar-refractivity contribution in [1.29, 1.82) is 0 Å². The minimum absolute atomic E-state index is 0.494. The molecule has 2 aromatic carbocycles. The fraction of sp³-hybridized carbons (Fsp3) is 0. The standard InChI is InChI=1S/C14H11N3S/c15-13-7-8-16-14(17-13)18-12-6-5-10-3-1-2-4-11(10)9-12/h1-9H,(H2,15,16,17). The van der Waals surface area contributed by atoms with Crippen LogP contribution in [0.15, 0.2) is 64.8 Å². The Morgan fingerprint density at radius 3 is 2.61 bits per heavy atom. The van der Waals surface area contributed by atoms with Gasteiger partial charge in [-0.1, -0.05) is 30.3 Å². The van der Waals surface area contributed by atoms with Crippen LogP contribution in [0.25, 0.3) is 10.8 Å². The van der Waals surface area contributed by atoms with Crippen LogP contribution in [0.2, 0.25) is 0 Å². The molecule has 2 N–H and O–H groups in total. The van der Waals surface area contributed by atoms with Crippen molar-refractivity contribution in [3.05, 3.63) is 54.7 Å². The highest BCUT2D eigenvalue weighted by molar-refractivity contribution is 7.99. The van der Waals surface area contributed by atoms with Crippen LogP contribution in [0.5, 0.6) is 0 Å². The summed E-state index contributed by atoms with van der Waals surface area (Å²) >= 11 is 1.51. The highest BCUT2D eigenvalue weighted by Gasteiger charge is 2.02. The molecule has 0 bridgehead atoms. The van der Waals surface area contributed by atoms with E-state index in [0.717, 1.165) is 4.90 Å². The van der Waals surface area contributed by atoms with Crippen molar-refractivity contribution < 1.29 is 0 Å². The van der Waals surface area contributed by atoms with E-state index < -0.39 is 0 Å². The van der Waals surface area contributed by atoms with Gasteiger partial charge < -0.3 is 5.73 Å². The topological polar surface area (TPSA) is 51.8 Å². The molecular formula is C14H11N3S. The first kappa shape index (κ1) is 11.0. The molecule has 4 heteroatoms. The third-order valence-corrected chi connectivity index (χ3v) is 3.45. The van der Waals surface area contributed by atoms with Crippen LogP contribution in [0.1, 0.15) is 0 Å². The molecule has 0 atom stereocenters. The predicted molar refractivity (Wildman–Crippen MR) is 74.5 cm³/mol. The number of anilines is 1. The van der Waals surface area contributed by atoms with Crippen LogP contribution in [0, 0.1) is 0 Å². The van der Waals surface area contributed by atoms with Crippen molar-refractivity contribution in [3.63, 3.8) is 0 Å². The summed E-state index contributed by atoms with van der Waals surface area (Å²) in [5.74, 6) is 0.494. The molecule has 0 fully saturated rings. The Balaban J connectivity index is 1.95. The number of nitrogens with zero attached hydrogens (tertiary/aromatic N) is 2. The van der Waals surface area contributed by atoms with Gasteiger partial charge in [0.15, 0.2) is 5.16 Å². The normalized spacial score (nSPS) is 10.7. The molecule has 0 saturated heterocycles. The van der Waals surface area contributed by atoms with Crippen LogP contribution in [0.4, 0.5) is 5.82 Å². The summed E-state index contributed by atoms with van der Waals surface area (Å²) in [5, 5.41) is 3.12. The summed E-state index contributed by atoms with van der Waals surface area (Å²) in [6, 6.07) is 16.3. The first-order valence-corrected chi connectivity index (χ1v) is 6.38. The van der Waals surface area contributed by atoms with E-state index in [2.05, 4.69) is 40.3 Å². The van der Waals surface area contributed by atoms with E-state index in [1.54, 1.807) is 12.3 Å².